The molecule has 1 aliphatic rings. The van der Waals surface area contributed by atoms with E-state index < -0.39 is 0 Å². The number of nitrogens with one attached hydrogen (secondary N) is 3. The van der Waals surface area contributed by atoms with Crippen LogP contribution in [0.4, 0.5) is 10.5 Å². The van der Waals surface area contributed by atoms with Crippen molar-refractivity contribution in [2.24, 2.45) is 5.92 Å². The highest BCUT2D eigenvalue weighted by Gasteiger charge is 2.29. The Balaban J connectivity index is 1.37. The minimum Gasteiger partial charge on any atom is -0.492 e. The third-order valence-corrected chi connectivity index (χ3v) is 4.37. The molecule has 3 amide bonds. The van der Waals surface area contributed by atoms with Crippen LogP contribution in [0.2, 0.25) is 0 Å². The van der Waals surface area contributed by atoms with Crippen molar-refractivity contribution >= 4 is 17.6 Å². The first-order valence-corrected chi connectivity index (χ1v) is 9.25. The molecular formula is C21H25N3O3. The quantitative estimate of drug-likeness (QED) is 0.625. The molecule has 1 atom stereocenters. The lowest BCUT2D eigenvalue weighted by Gasteiger charge is -2.16. The average molecular weight is 367 g/mol. The standard InChI is InChI=1S/C21H25N3O3/c1-15(16-9-11-18(12-10-16)24-20(25)17-7-8-17)23-21(26)22-13-14-27-19-5-3-2-4-6-19/h2-6,9-12,15,17H,7-8,13-14H2,1H3,(H,24,25)(H2,22,23,26)/t15-/m0/s1. The number of hydrogen-bond donors (Lipinski definition) is 3. The second-order valence-electron chi connectivity index (χ2n) is 6.67. The molecule has 1 saturated carbocycles. The van der Waals surface area contributed by atoms with E-state index in [0.29, 0.717) is 13.2 Å². The molecule has 142 valence electrons. The first-order valence-electron chi connectivity index (χ1n) is 9.25. The lowest BCUT2D eigenvalue weighted by molar-refractivity contribution is -0.117. The summed E-state index contributed by atoms with van der Waals surface area (Å²) in [6, 6.07) is 16.6. The Kier molecular flexibility index (Phi) is 6.30. The molecule has 3 N–H and O–H groups in total. The summed E-state index contributed by atoms with van der Waals surface area (Å²) < 4.78 is 5.54. The van der Waals surface area contributed by atoms with Gasteiger partial charge in [-0.15, -0.1) is 0 Å². The van der Waals surface area contributed by atoms with E-state index in [1.807, 2.05) is 61.5 Å². The Morgan fingerprint density at radius 1 is 1.07 bits per heavy atom. The Labute approximate surface area is 159 Å². The van der Waals surface area contributed by atoms with Crippen LogP contribution in [0.1, 0.15) is 31.4 Å². The van der Waals surface area contributed by atoms with E-state index in [2.05, 4.69) is 16.0 Å². The summed E-state index contributed by atoms with van der Waals surface area (Å²) in [6.07, 6.45) is 1.97. The topological polar surface area (TPSA) is 79.5 Å². The van der Waals surface area contributed by atoms with Crippen molar-refractivity contribution in [1.82, 2.24) is 10.6 Å². The third-order valence-electron chi connectivity index (χ3n) is 4.37. The maximum atomic E-state index is 12.0. The minimum atomic E-state index is -0.245. The SMILES string of the molecule is C[C@H](NC(=O)NCCOc1ccccc1)c1ccc(NC(=O)C2CC2)cc1. The highest BCUT2D eigenvalue weighted by molar-refractivity contribution is 5.94. The van der Waals surface area contributed by atoms with E-state index in [0.717, 1.165) is 29.8 Å². The van der Waals surface area contributed by atoms with E-state index in [-0.39, 0.29) is 23.9 Å². The van der Waals surface area contributed by atoms with Gasteiger partial charge >= 0.3 is 6.03 Å². The fourth-order valence-electron chi connectivity index (χ4n) is 2.63. The Morgan fingerprint density at radius 2 is 1.78 bits per heavy atom. The molecule has 0 radical (unpaired) electrons. The van der Waals surface area contributed by atoms with Crippen molar-refractivity contribution in [3.05, 3.63) is 60.2 Å². The predicted molar refractivity (Wildman–Crippen MR) is 105 cm³/mol. The van der Waals surface area contributed by atoms with Crippen molar-refractivity contribution in [3.8, 4) is 5.75 Å². The molecule has 3 rings (SSSR count). The molecule has 2 aromatic carbocycles. The zero-order valence-corrected chi connectivity index (χ0v) is 15.4. The van der Waals surface area contributed by atoms with E-state index in [1.54, 1.807) is 0 Å². The van der Waals surface area contributed by atoms with Crippen LogP contribution < -0.4 is 20.7 Å². The summed E-state index contributed by atoms with van der Waals surface area (Å²) in [5.41, 5.74) is 1.75. The van der Waals surface area contributed by atoms with Crippen LogP contribution in [0.3, 0.4) is 0 Å². The predicted octanol–water partition coefficient (Wildman–Crippen LogP) is 3.47. The summed E-state index contributed by atoms with van der Waals surface area (Å²) in [4.78, 5) is 23.8. The van der Waals surface area contributed by atoms with Crippen LogP contribution in [-0.2, 0) is 4.79 Å². The van der Waals surface area contributed by atoms with E-state index in [4.69, 9.17) is 4.74 Å². The summed E-state index contributed by atoms with van der Waals surface area (Å²) in [5.74, 6) is 1.05. The van der Waals surface area contributed by atoms with Crippen molar-refractivity contribution in [2.45, 2.75) is 25.8 Å². The zero-order valence-electron chi connectivity index (χ0n) is 15.4. The highest BCUT2D eigenvalue weighted by Crippen LogP contribution is 2.30. The number of anilines is 1. The van der Waals surface area contributed by atoms with Crippen LogP contribution >= 0.6 is 0 Å². The van der Waals surface area contributed by atoms with Gasteiger partial charge in [-0.2, -0.15) is 0 Å². The number of hydrogen-bond acceptors (Lipinski definition) is 3. The monoisotopic (exact) mass is 367 g/mol. The Hall–Kier alpha value is -3.02. The number of urea groups is 1. The van der Waals surface area contributed by atoms with Gasteiger partial charge in [-0.25, -0.2) is 4.79 Å². The molecule has 0 aliphatic heterocycles. The molecule has 0 bridgehead atoms. The lowest BCUT2D eigenvalue weighted by Crippen LogP contribution is -2.38. The van der Waals surface area contributed by atoms with Crippen molar-refractivity contribution in [2.75, 3.05) is 18.5 Å². The summed E-state index contributed by atoms with van der Waals surface area (Å²) in [6.45, 7) is 2.73. The first-order chi connectivity index (χ1) is 13.1. The fourth-order valence-corrected chi connectivity index (χ4v) is 2.63. The van der Waals surface area contributed by atoms with E-state index >= 15 is 0 Å². The number of amides is 3. The Morgan fingerprint density at radius 3 is 2.44 bits per heavy atom. The molecule has 2 aromatic rings. The van der Waals surface area contributed by atoms with Gasteiger partial charge in [0.15, 0.2) is 0 Å². The molecule has 0 aromatic heterocycles. The first kappa shape index (κ1) is 18.8. The summed E-state index contributed by atoms with van der Waals surface area (Å²) in [5, 5.41) is 8.57. The van der Waals surface area contributed by atoms with Gasteiger partial charge in [0.05, 0.1) is 12.6 Å². The number of carbonyl (C=O) groups excluding carboxylic acids is 2. The fraction of sp³-hybridized carbons (Fsp3) is 0.333. The molecule has 6 heteroatoms. The smallest absolute Gasteiger partial charge is 0.315 e. The third kappa shape index (κ3) is 6.02. The summed E-state index contributed by atoms with van der Waals surface area (Å²) >= 11 is 0. The van der Waals surface area contributed by atoms with Gasteiger partial charge < -0.3 is 20.7 Å². The largest absolute Gasteiger partial charge is 0.492 e. The van der Waals surface area contributed by atoms with Crippen LogP contribution in [0.15, 0.2) is 54.6 Å². The Bertz CT molecular complexity index is 758. The molecule has 27 heavy (non-hydrogen) atoms. The van der Waals surface area contributed by atoms with Gasteiger partial charge in [-0.1, -0.05) is 30.3 Å². The van der Waals surface area contributed by atoms with Gasteiger partial charge in [-0.3, -0.25) is 4.79 Å². The number of para-hydroxylation sites is 1. The maximum Gasteiger partial charge on any atom is 0.315 e. The van der Waals surface area contributed by atoms with Gasteiger partial charge in [-0.05, 0) is 49.6 Å². The van der Waals surface area contributed by atoms with Gasteiger partial charge in [0.25, 0.3) is 0 Å². The van der Waals surface area contributed by atoms with Gasteiger partial charge in [0.2, 0.25) is 5.91 Å². The van der Waals surface area contributed by atoms with Crippen molar-refractivity contribution < 1.29 is 14.3 Å². The maximum absolute atomic E-state index is 12.0. The summed E-state index contributed by atoms with van der Waals surface area (Å²) in [7, 11) is 0. The van der Waals surface area contributed by atoms with Crippen LogP contribution in [0.25, 0.3) is 0 Å². The number of ether oxygens (including phenoxy) is 1. The molecule has 6 nitrogen and oxygen atoms in total. The van der Waals surface area contributed by atoms with Gasteiger partial charge in [0, 0.05) is 11.6 Å². The second kappa shape index (κ2) is 9.07. The average Bonchev–Trinajstić information content (AvgIpc) is 3.52. The molecule has 0 unspecified atom stereocenters. The van der Waals surface area contributed by atoms with Crippen molar-refractivity contribution in [3.63, 3.8) is 0 Å². The molecule has 1 aliphatic carbocycles. The van der Waals surface area contributed by atoms with Crippen molar-refractivity contribution in [1.29, 1.82) is 0 Å². The highest BCUT2D eigenvalue weighted by atomic mass is 16.5. The number of rotatable bonds is 8. The van der Waals surface area contributed by atoms with E-state index in [9.17, 15) is 9.59 Å². The second-order valence-corrected chi connectivity index (χ2v) is 6.67. The molecule has 0 heterocycles. The molecule has 0 spiro atoms. The van der Waals surface area contributed by atoms with Crippen LogP contribution in [-0.4, -0.2) is 25.1 Å². The molecule has 0 saturated heterocycles. The van der Waals surface area contributed by atoms with E-state index in [1.165, 1.54) is 0 Å². The minimum absolute atomic E-state index is 0.0889. The number of carbonyl (C=O) groups is 2. The van der Waals surface area contributed by atoms with Crippen LogP contribution in [0.5, 0.6) is 5.75 Å². The molecule has 1 fully saturated rings. The lowest BCUT2D eigenvalue weighted by atomic mass is 10.1. The van der Waals surface area contributed by atoms with Gasteiger partial charge in [0.1, 0.15) is 12.4 Å². The zero-order chi connectivity index (χ0) is 19.1. The van der Waals surface area contributed by atoms with Crippen LogP contribution in [0, 0.1) is 5.92 Å². The normalized spacial score (nSPS) is 14.1. The number of benzene rings is 2. The molecular weight excluding hydrogens is 342 g/mol.